The Morgan fingerprint density at radius 2 is 2.04 bits per heavy atom. The smallest absolute Gasteiger partial charge is 0.229 e. The molecule has 1 amide bonds. The van der Waals surface area contributed by atoms with E-state index in [0.717, 1.165) is 23.9 Å². The number of anilines is 3. The molecule has 1 aromatic heterocycles. The summed E-state index contributed by atoms with van der Waals surface area (Å²) in [5.74, 6) is 1.76. The molecule has 24 heavy (non-hydrogen) atoms. The van der Waals surface area contributed by atoms with Gasteiger partial charge in [-0.25, -0.2) is 9.97 Å². The quantitative estimate of drug-likeness (QED) is 0.915. The molecule has 1 aliphatic heterocycles. The number of aryl methyl sites for hydroxylation is 1. The molecule has 1 atom stereocenters. The summed E-state index contributed by atoms with van der Waals surface area (Å²) in [7, 11) is 1.99. The van der Waals surface area contributed by atoms with E-state index in [9.17, 15) is 4.79 Å². The Morgan fingerprint density at radius 1 is 1.29 bits per heavy atom. The number of hydrogen-bond donors (Lipinski definition) is 1. The largest absolute Gasteiger partial charge is 0.365 e. The Balaban J connectivity index is 1.69. The number of carbonyl (C=O) groups is 1. The highest BCUT2D eigenvalue weighted by Crippen LogP contribution is 2.24. The van der Waals surface area contributed by atoms with E-state index in [4.69, 9.17) is 0 Å². The van der Waals surface area contributed by atoms with Crippen molar-refractivity contribution in [1.82, 2.24) is 9.97 Å². The topological polar surface area (TPSA) is 61.4 Å². The van der Waals surface area contributed by atoms with Gasteiger partial charge in [0.25, 0.3) is 0 Å². The number of benzene rings is 1. The Hall–Kier alpha value is -2.63. The molecule has 1 aliphatic rings. The van der Waals surface area contributed by atoms with Gasteiger partial charge in [-0.3, -0.25) is 4.79 Å². The normalized spacial score (nSPS) is 17.2. The summed E-state index contributed by atoms with van der Waals surface area (Å²) in [6.45, 7) is 5.63. The van der Waals surface area contributed by atoms with E-state index in [1.807, 2.05) is 54.1 Å². The second kappa shape index (κ2) is 6.86. The molecule has 0 bridgehead atoms. The van der Waals surface area contributed by atoms with Gasteiger partial charge in [-0.1, -0.05) is 17.7 Å². The average Bonchev–Trinajstić information content (AvgIpc) is 2.95. The zero-order chi connectivity index (χ0) is 17.1. The standard InChI is InChI=1S/C18H23N5O/c1-4-22(3)17-10-16(19-12-20-17)21-14-9-18(24)23(11-14)15-7-5-13(2)6-8-15/h5-8,10,12,14H,4,9,11H2,1-3H3,(H,19,20,21). The lowest BCUT2D eigenvalue weighted by Gasteiger charge is -2.19. The number of amides is 1. The molecule has 6 heteroatoms. The third-order valence-corrected chi connectivity index (χ3v) is 4.34. The van der Waals surface area contributed by atoms with Crippen LogP contribution in [0.2, 0.25) is 0 Å². The molecule has 3 rings (SSSR count). The first-order chi connectivity index (χ1) is 11.6. The highest BCUT2D eigenvalue weighted by molar-refractivity contribution is 5.96. The molecule has 0 spiro atoms. The SMILES string of the molecule is CCN(C)c1cc(NC2CC(=O)N(c3ccc(C)cc3)C2)ncn1. The highest BCUT2D eigenvalue weighted by atomic mass is 16.2. The molecule has 0 aliphatic carbocycles. The maximum absolute atomic E-state index is 12.3. The fourth-order valence-corrected chi connectivity index (χ4v) is 2.78. The van der Waals surface area contributed by atoms with E-state index >= 15 is 0 Å². The van der Waals surface area contributed by atoms with Gasteiger partial charge in [0, 0.05) is 38.3 Å². The zero-order valence-corrected chi connectivity index (χ0v) is 14.4. The molecule has 0 saturated carbocycles. The van der Waals surface area contributed by atoms with Crippen LogP contribution in [-0.2, 0) is 4.79 Å². The van der Waals surface area contributed by atoms with Crippen LogP contribution >= 0.6 is 0 Å². The first kappa shape index (κ1) is 16.2. The van der Waals surface area contributed by atoms with Crippen LogP contribution in [0.3, 0.4) is 0 Å². The van der Waals surface area contributed by atoms with E-state index in [-0.39, 0.29) is 11.9 Å². The van der Waals surface area contributed by atoms with Crippen molar-refractivity contribution in [2.24, 2.45) is 0 Å². The summed E-state index contributed by atoms with van der Waals surface area (Å²) in [4.78, 5) is 24.7. The Morgan fingerprint density at radius 3 is 2.75 bits per heavy atom. The third kappa shape index (κ3) is 3.48. The molecule has 1 fully saturated rings. The minimum atomic E-state index is 0.0495. The van der Waals surface area contributed by atoms with Crippen molar-refractivity contribution in [2.75, 3.05) is 35.3 Å². The van der Waals surface area contributed by atoms with Crippen molar-refractivity contribution >= 4 is 23.2 Å². The predicted octanol–water partition coefficient (Wildman–Crippen LogP) is 2.46. The van der Waals surface area contributed by atoms with Crippen LogP contribution in [0.15, 0.2) is 36.7 Å². The molecule has 126 valence electrons. The van der Waals surface area contributed by atoms with Crippen LogP contribution in [0.4, 0.5) is 17.3 Å². The van der Waals surface area contributed by atoms with E-state index < -0.39 is 0 Å². The summed E-state index contributed by atoms with van der Waals surface area (Å²) < 4.78 is 0. The molecule has 1 aromatic carbocycles. The van der Waals surface area contributed by atoms with Crippen LogP contribution in [0.5, 0.6) is 0 Å². The van der Waals surface area contributed by atoms with E-state index in [0.29, 0.717) is 13.0 Å². The minimum absolute atomic E-state index is 0.0495. The predicted molar refractivity (Wildman–Crippen MR) is 96.5 cm³/mol. The van der Waals surface area contributed by atoms with Gasteiger partial charge in [-0.05, 0) is 26.0 Å². The van der Waals surface area contributed by atoms with Gasteiger partial charge in [0.05, 0.1) is 6.04 Å². The van der Waals surface area contributed by atoms with Crippen LogP contribution in [0.1, 0.15) is 18.9 Å². The molecule has 1 unspecified atom stereocenters. The monoisotopic (exact) mass is 325 g/mol. The number of rotatable bonds is 5. The molecular formula is C18H23N5O. The van der Waals surface area contributed by atoms with Gasteiger partial charge in [-0.15, -0.1) is 0 Å². The van der Waals surface area contributed by atoms with Crippen molar-refractivity contribution in [3.05, 3.63) is 42.2 Å². The summed E-state index contributed by atoms with van der Waals surface area (Å²) in [6.07, 6.45) is 2.02. The first-order valence-corrected chi connectivity index (χ1v) is 8.23. The van der Waals surface area contributed by atoms with Crippen LogP contribution in [-0.4, -0.2) is 42.1 Å². The Labute approximate surface area is 142 Å². The number of carbonyl (C=O) groups excluding carboxylic acids is 1. The zero-order valence-electron chi connectivity index (χ0n) is 14.4. The number of nitrogens with zero attached hydrogens (tertiary/aromatic N) is 4. The summed E-state index contributed by atoms with van der Waals surface area (Å²) in [5.41, 5.74) is 2.14. The highest BCUT2D eigenvalue weighted by Gasteiger charge is 2.30. The molecule has 6 nitrogen and oxygen atoms in total. The molecule has 2 heterocycles. The number of aromatic nitrogens is 2. The first-order valence-electron chi connectivity index (χ1n) is 8.23. The Bertz CT molecular complexity index is 716. The van der Waals surface area contributed by atoms with Crippen LogP contribution in [0.25, 0.3) is 0 Å². The van der Waals surface area contributed by atoms with E-state index in [1.165, 1.54) is 5.56 Å². The second-order valence-electron chi connectivity index (χ2n) is 6.16. The fraction of sp³-hybridized carbons (Fsp3) is 0.389. The van der Waals surface area contributed by atoms with E-state index in [1.54, 1.807) is 6.33 Å². The molecule has 0 radical (unpaired) electrons. The van der Waals surface area contributed by atoms with Gasteiger partial charge in [0.15, 0.2) is 0 Å². The fourth-order valence-electron chi connectivity index (χ4n) is 2.78. The summed E-state index contributed by atoms with van der Waals surface area (Å²) in [6, 6.07) is 10.0. The van der Waals surface area contributed by atoms with Crippen molar-refractivity contribution in [1.29, 1.82) is 0 Å². The van der Waals surface area contributed by atoms with E-state index in [2.05, 4.69) is 22.2 Å². The van der Waals surface area contributed by atoms with Crippen molar-refractivity contribution in [3.8, 4) is 0 Å². The molecular weight excluding hydrogens is 302 g/mol. The van der Waals surface area contributed by atoms with Gasteiger partial charge in [-0.2, -0.15) is 0 Å². The molecule has 1 N–H and O–H groups in total. The maximum Gasteiger partial charge on any atom is 0.229 e. The lowest BCUT2D eigenvalue weighted by Crippen LogP contribution is -2.28. The number of nitrogens with one attached hydrogen (secondary N) is 1. The average molecular weight is 325 g/mol. The van der Waals surface area contributed by atoms with Gasteiger partial charge >= 0.3 is 0 Å². The van der Waals surface area contributed by atoms with Gasteiger partial charge < -0.3 is 15.1 Å². The van der Waals surface area contributed by atoms with Gasteiger partial charge in [0.1, 0.15) is 18.0 Å². The lowest BCUT2D eigenvalue weighted by atomic mass is 10.2. The summed E-state index contributed by atoms with van der Waals surface area (Å²) >= 11 is 0. The summed E-state index contributed by atoms with van der Waals surface area (Å²) in [5, 5.41) is 3.36. The Kier molecular flexibility index (Phi) is 4.64. The maximum atomic E-state index is 12.3. The van der Waals surface area contributed by atoms with Crippen LogP contribution < -0.4 is 15.1 Å². The van der Waals surface area contributed by atoms with Crippen molar-refractivity contribution in [2.45, 2.75) is 26.3 Å². The van der Waals surface area contributed by atoms with Crippen molar-refractivity contribution in [3.63, 3.8) is 0 Å². The second-order valence-corrected chi connectivity index (χ2v) is 6.16. The van der Waals surface area contributed by atoms with Crippen molar-refractivity contribution < 1.29 is 4.79 Å². The number of hydrogen-bond acceptors (Lipinski definition) is 5. The van der Waals surface area contributed by atoms with Crippen LogP contribution in [0, 0.1) is 6.92 Å². The lowest BCUT2D eigenvalue weighted by molar-refractivity contribution is -0.117. The molecule has 1 saturated heterocycles. The minimum Gasteiger partial charge on any atom is -0.365 e. The van der Waals surface area contributed by atoms with Gasteiger partial charge in [0.2, 0.25) is 5.91 Å². The third-order valence-electron chi connectivity index (χ3n) is 4.34. The molecule has 2 aromatic rings.